The molecule has 1 aliphatic heterocycles. The fourth-order valence-corrected chi connectivity index (χ4v) is 2.88. The molecule has 2 aromatic rings. The van der Waals surface area contributed by atoms with Crippen molar-refractivity contribution in [3.8, 4) is 11.5 Å². The van der Waals surface area contributed by atoms with Crippen LogP contribution in [0.5, 0.6) is 11.5 Å². The lowest BCUT2D eigenvalue weighted by molar-refractivity contribution is 0.0364. The number of para-hydroxylation sites is 1. The van der Waals surface area contributed by atoms with Gasteiger partial charge in [-0.1, -0.05) is 19.1 Å². The second-order valence-electron chi connectivity index (χ2n) is 6.36. The quantitative estimate of drug-likeness (QED) is 0.569. The topological polar surface area (TPSA) is 75.2 Å². The minimum absolute atomic E-state index is 0.316. The lowest BCUT2D eigenvalue weighted by Gasteiger charge is -2.21. The van der Waals surface area contributed by atoms with E-state index in [4.69, 9.17) is 14.6 Å². The smallest absolute Gasteiger partial charge is 0.274 e. The Labute approximate surface area is 165 Å². The predicted molar refractivity (Wildman–Crippen MR) is 109 cm³/mol. The van der Waals surface area contributed by atoms with E-state index in [2.05, 4.69) is 22.6 Å². The number of aliphatic imine (C=N–C) groups is 1. The van der Waals surface area contributed by atoms with E-state index >= 15 is 0 Å². The second kappa shape index (κ2) is 9.34. The lowest BCUT2D eigenvalue weighted by Crippen LogP contribution is -2.34. The van der Waals surface area contributed by atoms with Crippen molar-refractivity contribution in [1.29, 1.82) is 0 Å². The Kier molecular flexibility index (Phi) is 6.62. The minimum atomic E-state index is -0.316. The number of carbonyl (C=O) groups excluding carboxylic acids is 1. The maximum absolute atomic E-state index is 12.2. The molecule has 0 saturated heterocycles. The first-order valence-corrected chi connectivity index (χ1v) is 9.48. The minimum Gasteiger partial charge on any atom is -0.454 e. The molecule has 1 aliphatic rings. The molecule has 28 heavy (non-hydrogen) atoms. The first kappa shape index (κ1) is 19.9. The lowest BCUT2D eigenvalue weighted by atomic mass is 10.1. The highest BCUT2D eigenvalue weighted by Gasteiger charge is 2.21. The van der Waals surface area contributed by atoms with E-state index in [1.807, 2.05) is 38.2 Å². The Morgan fingerprint density at radius 1 is 1.18 bits per heavy atom. The second-order valence-corrected chi connectivity index (χ2v) is 6.36. The van der Waals surface area contributed by atoms with Gasteiger partial charge < -0.3 is 15.0 Å². The van der Waals surface area contributed by atoms with Crippen LogP contribution in [0, 0.1) is 0 Å². The Hall–Kier alpha value is -2.90. The van der Waals surface area contributed by atoms with Crippen LogP contribution in [0.1, 0.15) is 29.8 Å². The van der Waals surface area contributed by atoms with Crippen LogP contribution >= 0.6 is 0 Å². The van der Waals surface area contributed by atoms with Gasteiger partial charge in [0.05, 0.1) is 12.2 Å². The van der Waals surface area contributed by atoms with Crippen molar-refractivity contribution in [2.24, 2.45) is 4.99 Å². The molecule has 148 valence electrons. The van der Waals surface area contributed by atoms with Gasteiger partial charge in [-0.25, -0.2) is 10.5 Å². The SMILES string of the molecule is CCNCCN(C)C1=Nc2cc(C(=O)NOCC)ccc2Oc2ccccc21. The fraction of sp³-hybridized carbons (Fsp3) is 0.333. The molecule has 1 amide bonds. The van der Waals surface area contributed by atoms with Crippen LogP contribution in [0.4, 0.5) is 5.69 Å². The molecule has 0 bridgehead atoms. The normalized spacial score (nSPS) is 12.2. The molecule has 0 aliphatic carbocycles. The molecule has 7 nitrogen and oxygen atoms in total. The summed E-state index contributed by atoms with van der Waals surface area (Å²) in [5.74, 6) is 1.83. The number of amidine groups is 1. The number of rotatable bonds is 7. The highest BCUT2D eigenvalue weighted by atomic mass is 16.6. The highest BCUT2D eigenvalue weighted by molar-refractivity contribution is 6.04. The zero-order chi connectivity index (χ0) is 19.9. The van der Waals surface area contributed by atoms with Gasteiger partial charge in [0, 0.05) is 25.7 Å². The molecule has 0 atom stereocenters. The summed E-state index contributed by atoms with van der Waals surface area (Å²) in [6, 6.07) is 13.0. The van der Waals surface area contributed by atoms with Crippen molar-refractivity contribution in [2.45, 2.75) is 13.8 Å². The van der Waals surface area contributed by atoms with Crippen LogP contribution in [0.15, 0.2) is 47.5 Å². The summed E-state index contributed by atoms with van der Waals surface area (Å²) in [7, 11) is 2.00. The van der Waals surface area contributed by atoms with Crippen LogP contribution in [0.25, 0.3) is 0 Å². The standard InChI is InChI=1S/C21H26N4O3/c1-4-22-12-13-25(3)20-16-8-6-7-9-18(16)28-19-11-10-15(14-17(19)23-20)21(26)24-27-5-2/h6-11,14,22H,4-5,12-13H2,1-3H3,(H,24,26). The highest BCUT2D eigenvalue weighted by Crippen LogP contribution is 2.38. The van der Waals surface area contributed by atoms with E-state index in [1.54, 1.807) is 18.2 Å². The van der Waals surface area contributed by atoms with E-state index in [-0.39, 0.29) is 5.91 Å². The van der Waals surface area contributed by atoms with Crippen molar-refractivity contribution in [1.82, 2.24) is 15.7 Å². The summed E-state index contributed by atoms with van der Waals surface area (Å²) < 4.78 is 6.10. The number of likely N-dealkylation sites (N-methyl/N-ethyl adjacent to an activating group) is 2. The van der Waals surface area contributed by atoms with E-state index in [0.29, 0.717) is 23.6 Å². The maximum atomic E-state index is 12.2. The molecule has 1 heterocycles. The number of hydrogen-bond donors (Lipinski definition) is 2. The van der Waals surface area contributed by atoms with Crippen molar-refractivity contribution in [3.63, 3.8) is 0 Å². The number of amides is 1. The molecule has 0 radical (unpaired) electrons. The molecule has 7 heteroatoms. The predicted octanol–water partition coefficient (Wildman–Crippen LogP) is 3.09. The summed E-state index contributed by atoms with van der Waals surface area (Å²) in [5, 5.41) is 3.33. The zero-order valence-electron chi connectivity index (χ0n) is 16.5. The Morgan fingerprint density at radius 3 is 2.79 bits per heavy atom. The average molecular weight is 382 g/mol. The van der Waals surface area contributed by atoms with E-state index in [9.17, 15) is 4.79 Å². The van der Waals surface area contributed by atoms with E-state index in [0.717, 1.165) is 36.8 Å². The van der Waals surface area contributed by atoms with Gasteiger partial charge in [-0.15, -0.1) is 0 Å². The number of ether oxygens (including phenoxy) is 1. The molecule has 2 aromatic carbocycles. The maximum Gasteiger partial charge on any atom is 0.274 e. The summed E-state index contributed by atoms with van der Waals surface area (Å²) >= 11 is 0. The molecule has 2 N–H and O–H groups in total. The molecule has 3 rings (SSSR count). The number of nitrogens with zero attached hydrogens (tertiary/aromatic N) is 2. The van der Waals surface area contributed by atoms with Crippen LogP contribution in [-0.2, 0) is 4.84 Å². The molecular weight excluding hydrogens is 356 g/mol. The van der Waals surface area contributed by atoms with Crippen molar-refractivity contribution >= 4 is 17.4 Å². The Balaban J connectivity index is 1.98. The number of carbonyl (C=O) groups is 1. The third kappa shape index (κ3) is 4.49. The van der Waals surface area contributed by atoms with Crippen molar-refractivity contribution in [3.05, 3.63) is 53.6 Å². The van der Waals surface area contributed by atoms with Gasteiger partial charge in [-0.2, -0.15) is 0 Å². The van der Waals surface area contributed by atoms with Crippen LogP contribution in [0.3, 0.4) is 0 Å². The third-order valence-electron chi connectivity index (χ3n) is 4.34. The number of benzene rings is 2. The molecule has 0 saturated carbocycles. The van der Waals surface area contributed by atoms with Gasteiger partial charge in [-0.3, -0.25) is 9.63 Å². The van der Waals surface area contributed by atoms with Crippen LogP contribution in [0.2, 0.25) is 0 Å². The summed E-state index contributed by atoms with van der Waals surface area (Å²) in [5.41, 5.74) is 4.39. The summed E-state index contributed by atoms with van der Waals surface area (Å²) in [4.78, 5) is 24.2. The van der Waals surface area contributed by atoms with E-state index < -0.39 is 0 Å². The largest absolute Gasteiger partial charge is 0.454 e. The number of fused-ring (bicyclic) bond motifs is 2. The molecule has 0 unspecified atom stereocenters. The van der Waals surface area contributed by atoms with Gasteiger partial charge >= 0.3 is 0 Å². The summed E-state index contributed by atoms with van der Waals surface area (Å²) in [6.07, 6.45) is 0. The molecule has 0 spiro atoms. The van der Waals surface area contributed by atoms with Gasteiger partial charge in [0.1, 0.15) is 17.3 Å². The van der Waals surface area contributed by atoms with Gasteiger partial charge in [-0.05, 0) is 43.8 Å². The third-order valence-corrected chi connectivity index (χ3v) is 4.34. The number of nitrogens with one attached hydrogen (secondary N) is 2. The number of hydrogen-bond acceptors (Lipinski definition) is 6. The summed E-state index contributed by atoms with van der Waals surface area (Å²) in [6.45, 7) is 6.84. The first-order valence-electron chi connectivity index (χ1n) is 9.48. The van der Waals surface area contributed by atoms with Gasteiger partial charge in [0.25, 0.3) is 5.91 Å². The molecular formula is C21H26N4O3. The van der Waals surface area contributed by atoms with Crippen LogP contribution < -0.4 is 15.5 Å². The van der Waals surface area contributed by atoms with Crippen molar-refractivity contribution in [2.75, 3.05) is 33.3 Å². The van der Waals surface area contributed by atoms with Gasteiger partial charge in [0.15, 0.2) is 5.75 Å². The Morgan fingerprint density at radius 2 is 2.00 bits per heavy atom. The fourth-order valence-electron chi connectivity index (χ4n) is 2.88. The van der Waals surface area contributed by atoms with Crippen molar-refractivity contribution < 1.29 is 14.4 Å². The molecule has 0 fully saturated rings. The average Bonchev–Trinajstić information content (AvgIpc) is 2.88. The molecule has 0 aromatic heterocycles. The van der Waals surface area contributed by atoms with Crippen LogP contribution in [-0.4, -0.2) is 49.9 Å². The zero-order valence-corrected chi connectivity index (χ0v) is 16.5. The monoisotopic (exact) mass is 382 g/mol. The Bertz CT molecular complexity index is 866. The first-order chi connectivity index (χ1) is 13.6. The van der Waals surface area contributed by atoms with E-state index in [1.165, 1.54) is 0 Å². The van der Waals surface area contributed by atoms with Gasteiger partial charge in [0.2, 0.25) is 0 Å². The number of hydroxylamine groups is 1.